The summed E-state index contributed by atoms with van der Waals surface area (Å²) in [6.45, 7) is 8.06. The molecule has 5 unspecified atom stereocenters. The van der Waals surface area contributed by atoms with Crippen LogP contribution in [0.15, 0.2) is 23.3 Å². The highest BCUT2D eigenvalue weighted by atomic mass is 16.5. The number of ketones is 2. The van der Waals surface area contributed by atoms with Crippen molar-refractivity contribution < 1.29 is 19.1 Å². The monoisotopic (exact) mass is 384 g/mol. The minimum absolute atomic E-state index is 0.0290. The van der Waals surface area contributed by atoms with Gasteiger partial charge in [0.2, 0.25) is 0 Å². The van der Waals surface area contributed by atoms with Gasteiger partial charge in [-0.1, -0.05) is 38.0 Å². The molecule has 2 saturated carbocycles. The van der Waals surface area contributed by atoms with Crippen molar-refractivity contribution in [3.63, 3.8) is 0 Å². The highest BCUT2D eigenvalue weighted by Crippen LogP contribution is 2.65. The third-order valence-corrected chi connectivity index (χ3v) is 8.44. The van der Waals surface area contributed by atoms with E-state index in [9.17, 15) is 14.4 Å². The summed E-state index contributed by atoms with van der Waals surface area (Å²) in [7, 11) is 0. The zero-order valence-corrected chi connectivity index (χ0v) is 17.5. The van der Waals surface area contributed by atoms with E-state index in [0.717, 1.165) is 32.1 Å². The zero-order chi connectivity index (χ0) is 20.3. The molecule has 4 rings (SSSR count). The third-order valence-electron chi connectivity index (χ3n) is 8.44. The average molecular weight is 385 g/mol. The number of fused-ring (bicyclic) bond motifs is 5. The van der Waals surface area contributed by atoms with Gasteiger partial charge in [-0.25, -0.2) is 0 Å². The summed E-state index contributed by atoms with van der Waals surface area (Å²) in [4.78, 5) is 36.1. The molecular weight excluding hydrogens is 352 g/mol. The van der Waals surface area contributed by atoms with Crippen LogP contribution in [0.1, 0.15) is 66.2 Å². The summed E-state index contributed by atoms with van der Waals surface area (Å²) in [5, 5.41) is 0. The van der Waals surface area contributed by atoms with E-state index in [1.807, 2.05) is 6.08 Å². The van der Waals surface area contributed by atoms with Crippen molar-refractivity contribution in [3.05, 3.63) is 23.3 Å². The molecule has 4 aliphatic rings. The Morgan fingerprint density at radius 2 is 2.00 bits per heavy atom. The maximum absolute atomic E-state index is 13.0. The van der Waals surface area contributed by atoms with Gasteiger partial charge in [-0.15, -0.1) is 0 Å². The molecule has 0 amide bonds. The van der Waals surface area contributed by atoms with Crippen LogP contribution < -0.4 is 0 Å². The summed E-state index contributed by atoms with van der Waals surface area (Å²) in [6, 6.07) is 0. The van der Waals surface area contributed by atoms with Gasteiger partial charge in [0.05, 0.1) is 0 Å². The summed E-state index contributed by atoms with van der Waals surface area (Å²) < 4.78 is 5.05. The van der Waals surface area contributed by atoms with Gasteiger partial charge >= 0.3 is 5.97 Å². The third kappa shape index (κ3) is 2.83. The molecule has 4 heteroatoms. The maximum atomic E-state index is 13.0. The Balaban J connectivity index is 1.65. The summed E-state index contributed by atoms with van der Waals surface area (Å²) in [6.07, 6.45) is 9.94. The van der Waals surface area contributed by atoms with Crippen molar-refractivity contribution in [1.29, 1.82) is 0 Å². The van der Waals surface area contributed by atoms with Gasteiger partial charge in [-0.05, 0) is 61.3 Å². The first-order valence-electron chi connectivity index (χ1n) is 10.8. The molecule has 0 aromatic carbocycles. The van der Waals surface area contributed by atoms with Crippen LogP contribution in [0, 0.1) is 34.5 Å². The van der Waals surface area contributed by atoms with Crippen molar-refractivity contribution in [3.8, 4) is 0 Å². The molecule has 0 aromatic heterocycles. The SMILES string of the molecule is CC(=O)OCC(=O)C1[C@H](C)CC2C3CCC4=CC(=O)CCC4(C)C3=CCC21C. The highest BCUT2D eigenvalue weighted by Gasteiger charge is 2.59. The largest absolute Gasteiger partial charge is 0.458 e. The van der Waals surface area contributed by atoms with Gasteiger partial charge in [0, 0.05) is 24.7 Å². The fraction of sp³-hybridized carbons (Fsp3) is 0.708. The molecule has 0 N–H and O–H groups in total. The molecule has 0 spiro atoms. The fourth-order valence-corrected chi connectivity index (χ4v) is 7.17. The molecule has 0 aromatic rings. The first-order valence-corrected chi connectivity index (χ1v) is 10.8. The number of hydrogen-bond donors (Lipinski definition) is 0. The number of esters is 1. The minimum Gasteiger partial charge on any atom is -0.458 e. The van der Waals surface area contributed by atoms with E-state index in [-0.39, 0.29) is 34.9 Å². The molecule has 0 aliphatic heterocycles. The van der Waals surface area contributed by atoms with Crippen molar-refractivity contribution >= 4 is 17.5 Å². The molecular formula is C24H32O4. The van der Waals surface area contributed by atoms with Gasteiger partial charge in [0.15, 0.2) is 11.6 Å². The summed E-state index contributed by atoms with van der Waals surface area (Å²) in [5.74, 6) is 1.22. The van der Waals surface area contributed by atoms with Crippen molar-refractivity contribution in [2.45, 2.75) is 66.2 Å². The Morgan fingerprint density at radius 3 is 2.71 bits per heavy atom. The lowest BCUT2D eigenvalue weighted by atomic mass is 9.51. The quantitative estimate of drug-likeness (QED) is 0.533. The first-order chi connectivity index (χ1) is 13.2. The number of hydrogen-bond acceptors (Lipinski definition) is 4. The molecule has 0 heterocycles. The predicted octanol–water partition coefficient (Wildman–Crippen LogP) is 4.43. The average Bonchev–Trinajstić information content (AvgIpc) is 2.90. The van der Waals surface area contributed by atoms with Crippen molar-refractivity contribution in [2.24, 2.45) is 34.5 Å². The fourth-order valence-electron chi connectivity index (χ4n) is 7.17. The second-order valence-electron chi connectivity index (χ2n) is 10.0. The second-order valence-corrected chi connectivity index (χ2v) is 10.0. The number of carbonyl (C=O) groups excluding carboxylic acids is 3. The minimum atomic E-state index is -0.391. The Kier molecular flexibility index (Phi) is 4.67. The van der Waals surface area contributed by atoms with Crippen molar-refractivity contribution in [2.75, 3.05) is 6.61 Å². The van der Waals surface area contributed by atoms with Gasteiger partial charge in [0.1, 0.15) is 6.61 Å². The van der Waals surface area contributed by atoms with E-state index >= 15 is 0 Å². The summed E-state index contributed by atoms with van der Waals surface area (Å²) >= 11 is 0. The number of ether oxygens (including phenoxy) is 1. The maximum Gasteiger partial charge on any atom is 0.303 e. The summed E-state index contributed by atoms with van der Waals surface area (Å²) in [5.41, 5.74) is 2.82. The van der Waals surface area contributed by atoms with Crippen LogP contribution in [0.4, 0.5) is 0 Å². The zero-order valence-electron chi connectivity index (χ0n) is 17.5. The van der Waals surface area contributed by atoms with E-state index in [0.29, 0.717) is 24.2 Å². The van der Waals surface area contributed by atoms with Crippen LogP contribution in [0.5, 0.6) is 0 Å². The van der Waals surface area contributed by atoms with E-state index in [1.165, 1.54) is 18.1 Å². The number of carbonyl (C=O) groups is 3. The second kappa shape index (κ2) is 6.67. The standard InChI is InChI=1S/C24H32O4/c1-14-11-20-18-6-5-16-12-17(26)7-9-23(16,3)19(18)8-10-24(20,4)22(14)21(27)13-28-15(2)25/h8,12,14,18,20,22H,5-7,9-11,13H2,1-4H3/t14-,18?,20?,22?,23?,24?/m1/s1. The van der Waals surface area contributed by atoms with Crippen LogP contribution in [0.2, 0.25) is 0 Å². The Morgan fingerprint density at radius 1 is 1.25 bits per heavy atom. The molecule has 2 fully saturated rings. The van der Waals surface area contributed by atoms with Gasteiger partial charge in [-0.2, -0.15) is 0 Å². The van der Waals surface area contributed by atoms with Crippen molar-refractivity contribution in [1.82, 2.24) is 0 Å². The Bertz CT molecular complexity index is 790. The molecule has 0 saturated heterocycles. The molecule has 4 nitrogen and oxygen atoms in total. The lowest BCUT2D eigenvalue weighted by Crippen LogP contribution is -2.46. The highest BCUT2D eigenvalue weighted by molar-refractivity contribution is 5.92. The molecule has 0 radical (unpaired) electrons. The van der Waals surface area contributed by atoms with E-state index in [2.05, 4.69) is 26.8 Å². The van der Waals surface area contributed by atoms with Crippen LogP contribution in [0.25, 0.3) is 0 Å². The van der Waals surface area contributed by atoms with E-state index in [1.54, 1.807) is 0 Å². The molecule has 6 atom stereocenters. The number of Topliss-reactive ketones (excluding diaryl/α,β-unsaturated/α-hetero) is 1. The van der Waals surface area contributed by atoms with Crippen LogP contribution in [0.3, 0.4) is 0 Å². The van der Waals surface area contributed by atoms with Crippen LogP contribution >= 0.6 is 0 Å². The molecule has 0 bridgehead atoms. The van der Waals surface area contributed by atoms with Crippen LogP contribution in [-0.4, -0.2) is 24.1 Å². The lowest BCUT2D eigenvalue weighted by Gasteiger charge is -2.53. The van der Waals surface area contributed by atoms with E-state index < -0.39 is 5.97 Å². The van der Waals surface area contributed by atoms with Gasteiger partial charge < -0.3 is 4.74 Å². The topological polar surface area (TPSA) is 60.4 Å². The molecule has 152 valence electrons. The lowest BCUT2D eigenvalue weighted by molar-refractivity contribution is -0.148. The Hall–Kier alpha value is -1.71. The Labute approximate surface area is 167 Å². The smallest absolute Gasteiger partial charge is 0.303 e. The molecule has 28 heavy (non-hydrogen) atoms. The van der Waals surface area contributed by atoms with E-state index in [4.69, 9.17) is 4.74 Å². The predicted molar refractivity (Wildman–Crippen MR) is 106 cm³/mol. The first kappa shape index (κ1) is 19.6. The molecule has 4 aliphatic carbocycles. The van der Waals surface area contributed by atoms with Crippen LogP contribution in [-0.2, 0) is 19.1 Å². The normalized spacial score (nSPS) is 41.9. The van der Waals surface area contributed by atoms with Gasteiger partial charge in [0.25, 0.3) is 0 Å². The van der Waals surface area contributed by atoms with Gasteiger partial charge in [-0.3, -0.25) is 14.4 Å². The number of rotatable bonds is 3. The number of allylic oxidation sites excluding steroid dienone is 4.